The Bertz CT molecular complexity index is 831. The fraction of sp³-hybridized carbons (Fsp3) is 0.316. The van der Waals surface area contributed by atoms with Crippen molar-refractivity contribution in [2.45, 2.75) is 12.6 Å². The van der Waals surface area contributed by atoms with Crippen molar-refractivity contribution in [3.8, 4) is 0 Å². The van der Waals surface area contributed by atoms with Crippen LogP contribution in [-0.4, -0.2) is 49.7 Å². The number of nitrogens with zero attached hydrogens (tertiary/aromatic N) is 5. The molecule has 1 atom stereocenters. The topological polar surface area (TPSA) is 46.8 Å². The van der Waals surface area contributed by atoms with Gasteiger partial charge in [-0.3, -0.25) is 4.90 Å². The summed E-state index contributed by atoms with van der Waals surface area (Å²) in [6, 6.07) is 16.8. The minimum Gasteiger partial charge on any atom is -0.288 e. The maximum Gasteiger partial charge on any atom is 0.173 e. The first-order valence-corrected chi connectivity index (χ1v) is 9.84. The number of thioether (sulfide) groups is 1. The third kappa shape index (κ3) is 3.78. The van der Waals surface area contributed by atoms with Crippen LogP contribution in [0.5, 0.6) is 0 Å². The van der Waals surface area contributed by atoms with Gasteiger partial charge in [0.1, 0.15) is 5.82 Å². The van der Waals surface area contributed by atoms with E-state index in [1.165, 1.54) is 12.1 Å². The summed E-state index contributed by atoms with van der Waals surface area (Å²) in [5, 5.41) is 12.5. The predicted molar refractivity (Wildman–Crippen MR) is 101 cm³/mol. The molecule has 134 valence electrons. The highest BCUT2D eigenvalue weighted by Gasteiger charge is 2.29. The van der Waals surface area contributed by atoms with Crippen molar-refractivity contribution in [1.29, 1.82) is 0 Å². The van der Waals surface area contributed by atoms with Gasteiger partial charge in [-0.05, 0) is 33.7 Å². The maximum atomic E-state index is 13.4. The van der Waals surface area contributed by atoms with Gasteiger partial charge in [-0.1, -0.05) is 42.5 Å². The van der Waals surface area contributed by atoms with E-state index in [4.69, 9.17) is 0 Å². The van der Waals surface area contributed by atoms with Gasteiger partial charge in [0.25, 0.3) is 0 Å². The van der Waals surface area contributed by atoms with Crippen molar-refractivity contribution in [3.05, 3.63) is 77.4 Å². The minimum atomic E-state index is -0.231. The summed E-state index contributed by atoms with van der Waals surface area (Å²) in [4.78, 5) is 2.39. The molecule has 0 N–H and O–H groups in total. The number of hydrogen-bond donors (Lipinski definition) is 0. The van der Waals surface area contributed by atoms with Gasteiger partial charge in [-0.25, -0.2) is 9.07 Å². The summed E-state index contributed by atoms with van der Waals surface area (Å²) in [6.07, 6.45) is 0. The third-order valence-electron chi connectivity index (χ3n) is 4.58. The van der Waals surface area contributed by atoms with Crippen molar-refractivity contribution in [1.82, 2.24) is 25.1 Å². The molecule has 1 aliphatic heterocycles. The van der Waals surface area contributed by atoms with Crippen LogP contribution in [0.15, 0.2) is 54.6 Å². The highest BCUT2D eigenvalue weighted by molar-refractivity contribution is 7.99. The number of aromatic nitrogens is 4. The minimum absolute atomic E-state index is 0.0739. The molecule has 2 aromatic carbocycles. The largest absolute Gasteiger partial charge is 0.288 e. The Balaban J connectivity index is 1.70. The first-order chi connectivity index (χ1) is 12.8. The summed E-state index contributed by atoms with van der Waals surface area (Å²) in [5.74, 6) is 2.73. The first-order valence-electron chi connectivity index (χ1n) is 8.68. The zero-order valence-electron chi connectivity index (χ0n) is 14.3. The lowest BCUT2D eigenvalue weighted by atomic mass is 10.0. The second-order valence-electron chi connectivity index (χ2n) is 6.28. The second-order valence-corrected chi connectivity index (χ2v) is 7.51. The predicted octanol–water partition coefficient (Wildman–Crippen LogP) is 3.00. The van der Waals surface area contributed by atoms with E-state index in [1.54, 1.807) is 0 Å². The Labute approximate surface area is 156 Å². The molecular formula is C19H20FN5S. The molecule has 7 heteroatoms. The van der Waals surface area contributed by atoms with Gasteiger partial charge >= 0.3 is 0 Å². The van der Waals surface area contributed by atoms with E-state index in [2.05, 4.69) is 32.6 Å². The van der Waals surface area contributed by atoms with E-state index in [0.29, 0.717) is 6.54 Å². The van der Waals surface area contributed by atoms with Crippen molar-refractivity contribution in [2.24, 2.45) is 0 Å². The second kappa shape index (κ2) is 7.97. The van der Waals surface area contributed by atoms with Crippen LogP contribution < -0.4 is 0 Å². The third-order valence-corrected chi connectivity index (χ3v) is 5.52. The van der Waals surface area contributed by atoms with E-state index in [0.717, 1.165) is 41.5 Å². The van der Waals surface area contributed by atoms with Gasteiger partial charge in [0, 0.05) is 24.6 Å². The van der Waals surface area contributed by atoms with Gasteiger partial charge in [0.2, 0.25) is 0 Å². The van der Waals surface area contributed by atoms with E-state index in [9.17, 15) is 4.39 Å². The van der Waals surface area contributed by atoms with E-state index in [1.807, 2.05) is 46.8 Å². The molecule has 1 saturated heterocycles. The fourth-order valence-corrected chi connectivity index (χ4v) is 4.21. The first kappa shape index (κ1) is 17.2. The van der Waals surface area contributed by atoms with Crippen molar-refractivity contribution < 1.29 is 4.39 Å². The molecule has 2 heterocycles. The monoisotopic (exact) mass is 369 g/mol. The number of benzene rings is 2. The number of rotatable bonds is 5. The molecule has 0 bridgehead atoms. The van der Waals surface area contributed by atoms with Crippen LogP contribution in [0.2, 0.25) is 0 Å². The highest BCUT2D eigenvalue weighted by Crippen LogP contribution is 2.29. The van der Waals surface area contributed by atoms with E-state index < -0.39 is 0 Å². The Morgan fingerprint density at radius 1 is 1.00 bits per heavy atom. The Morgan fingerprint density at radius 3 is 2.46 bits per heavy atom. The molecule has 0 amide bonds. The molecule has 0 unspecified atom stereocenters. The van der Waals surface area contributed by atoms with Crippen LogP contribution in [0.4, 0.5) is 4.39 Å². The van der Waals surface area contributed by atoms with Crippen LogP contribution >= 0.6 is 11.8 Å². The normalized spacial score (nSPS) is 16.5. The summed E-state index contributed by atoms with van der Waals surface area (Å²) < 4.78 is 15.3. The van der Waals surface area contributed by atoms with Gasteiger partial charge in [-0.2, -0.15) is 11.8 Å². The Hall–Kier alpha value is -2.25. The molecule has 1 aliphatic rings. The maximum absolute atomic E-state index is 13.4. The lowest BCUT2D eigenvalue weighted by molar-refractivity contribution is 0.235. The zero-order valence-corrected chi connectivity index (χ0v) is 15.1. The van der Waals surface area contributed by atoms with Crippen molar-refractivity contribution >= 4 is 11.8 Å². The zero-order chi connectivity index (χ0) is 17.8. The molecule has 1 fully saturated rings. The van der Waals surface area contributed by atoms with Gasteiger partial charge < -0.3 is 0 Å². The SMILES string of the molecule is Fc1ccc([C@H](c2nnnn2Cc2ccccc2)N2CCSCC2)cc1. The Kier molecular flexibility index (Phi) is 5.26. The molecule has 5 nitrogen and oxygen atoms in total. The molecule has 4 rings (SSSR count). The summed E-state index contributed by atoms with van der Waals surface area (Å²) in [7, 11) is 0. The van der Waals surface area contributed by atoms with Crippen LogP contribution in [0.1, 0.15) is 23.0 Å². The molecule has 0 aliphatic carbocycles. The van der Waals surface area contributed by atoms with Crippen LogP contribution in [0, 0.1) is 5.82 Å². The summed E-state index contributed by atoms with van der Waals surface area (Å²) in [6.45, 7) is 2.54. The van der Waals surface area contributed by atoms with Gasteiger partial charge in [0.15, 0.2) is 5.82 Å². The molecule has 26 heavy (non-hydrogen) atoms. The summed E-state index contributed by atoms with van der Waals surface area (Å²) in [5.41, 5.74) is 2.16. The quantitative estimate of drug-likeness (QED) is 0.692. The molecule has 3 aromatic rings. The van der Waals surface area contributed by atoms with Gasteiger partial charge in [0.05, 0.1) is 12.6 Å². The van der Waals surface area contributed by atoms with Crippen molar-refractivity contribution in [3.63, 3.8) is 0 Å². The molecule has 0 spiro atoms. The van der Waals surface area contributed by atoms with Gasteiger partial charge in [-0.15, -0.1) is 5.10 Å². The lowest BCUT2D eigenvalue weighted by Gasteiger charge is -2.33. The lowest BCUT2D eigenvalue weighted by Crippen LogP contribution is -2.38. The molecular weight excluding hydrogens is 349 g/mol. The molecule has 0 saturated carbocycles. The summed E-state index contributed by atoms with van der Waals surface area (Å²) >= 11 is 1.96. The average Bonchev–Trinajstić information content (AvgIpc) is 3.13. The van der Waals surface area contributed by atoms with Crippen LogP contribution in [-0.2, 0) is 6.54 Å². The Morgan fingerprint density at radius 2 is 1.73 bits per heavy atom. The van der Waals surface area contributed by atoms with E-state index in [-0.39, 0.29) is 11.9 Å². The van der Waals surface area contributed by atoms with Crippen LogP contribution in [0.3, 0.4) is 0 Å². The smallest absolute Gasteiger partial charge is 0.173 e. The number of tetrazole rings is 1. The van der Waals surface area contributed by atoms with E-state index >= 15 is 0 Å². The van der Waals surface area contributed by atoms with Crippen molar-refractivity contribution in [2.75, 3.05) is 24.6 Å². The fourth-order valence-electron chi connectivity index (χ4n) is 3.28. The average molecular weight is 369 g/mol. The number of hydrogen-bond acceptors (Lipinski definition) is 5. The number of halogens is 1. The standard InChI is InChI=1S/C19H20FN5S/c20-17-8-6-16(7-9-17)18(24-10-12-26-13-11-24)19-21-22-23-25(19)14-15-4-2-1-3-5-15/h1-9,18H,10-14H2/t18-/m1/s1. The van der Waals surface area contributed by atoms with Crippen LogP contribution in [0.25, 0.3) is 0 Å². The highest BCUT2D eigenvalue weighted by atomic mass is 32.2. The molecule has 1 aromatic heterocycles. The molecule has 0 radical (unpaired) electrons.